The molecule has 0 bridgehead atoms. The Kier molecular flexibility index (Phi) is 11.7. The lowest BCUT2D eigenvalue weighted by Gasteiger charge is -2.28. The van der Waals surface area contributed by atoms with E-state index in [0.29, 0.717) is 13.2 Å². The van der Waals surface area contributed by atoms with E-state index >= 15 is 0 Å². The Morgan fingerprint density at radius 3 is 2.59 bits per heavy atom. The van der Waals surface area contributed by atoms with Crippen molar-refractivity contribution >= 4 is 29.9 Å². The Morgan fingerprint density at radius 1 is 1.17 bits per heavy atom. The Balaban J connectivity index is 0.00000420. The summed E-state index contributed by atoms with van der Waals surface area (Å²) in [5, 5.41) is 6.83. The molecule has 0 aliphatic carbocycles. The second-order valence-electron chi connectivity index (χ2n) is 7.74. The smallest absolute Gasteiger partial charge is 0.191 e. The van der Waals surface area contributed by atoms with Crippen molar-refractivity contribution in [2.24, 2.45) is 4.99 Å². The van der Waals surface area contributed by atoms with Crippen LogP contribution in [0, 0.1) is 0 Å². The lowest BCUT2D eigenvalue weighted by atomic mass is 9.84. The highest BCUT2D eigenvalue weighted by atomic mass is 127. The Labute approximate surface area is 192 Å². The van der Waals surface area contributed by atoms with Gasteiger partial charge in [0.25, 0.3) is 0 Å². The number of hydrogen-bond donors (Lipinski definition) is 2. The van der Waals surface area contributed by atoms with Gasteiger partial charge in [-0.15, -0.1) is 24.0 Å². The second-order valence-corrected chi connectivity index (χ2v) is 7.74. The molecular weight excluding hydrogens is 483 g/mol. The first kappa shape index (κ1) is 25.8. The summed E-state index contributed by atoms with van der Waals surface area (Å²) >= 11 is 0. The van der Waals surface area contributed by atoms with E-state index in [0.717, 1.165) is 56.7 Å². The molecular formula is C21H37IN4O3. The van der Waals surface area contributed by atoms with Crippen molar-refractivity contribution in [1.82, 2.24) is 15.5 Å². The molecule has 0 unspecified atom stereocenters. The third-order valence-corrected chi connectivity index (χ3v) is 4.92. The molecule has 0 atom stereocenters. The van der Waals surface area contributed by atoms with Crippen molar-refractivity contribution in [3.05, 3.63) is 23.8 Å². The molecule has 2 N–H and O–H groups in total. The quantitative estimate of drug-likeness (QED) is 0.214. The van der Waals surface area contributed by atoms with Crippen molar-refractivity contribution in [2.45, 2.75) is 25.7 Å². The molecule has 0 saturated heterocycles. The lowest BCUT2D eigenvalue weighted by Crippen LogP contribution is -2.45. The van der Waals surface area contributed by atoms with Crippen LogP contribution in [0.2, 0.25) is 0 Å². The maximum atomic E-state index is 5.72. The summed E-state index contributed by atoms with van der Waals surface area (Å²) in [5.41, 5.74) is 1.13. The highest BCUT2D eigenvalue weighted by molar-refractivity contribution is 14.0. The molecule has 1 heterocycles. The molecule has 7 nitrogen and oxygen atoms in total. The molecule has 29 heavy (non-hydrogen) atoms. The van der Waals surface area contributed by atoms with Crippen LogP contribution in [0.4, 0.5) is 0 Å². The average molecular weight is 520 g/mol. The molecule has 1 aromatic carbocycles. The normalized spacial score (nSPS) is 13.8. The molecule has 1 aliphatic rings. The van der Waals surface area contributed by atoms with E-state index < -0.39 is 0 Å². The van der Waals surface area contributed by atoms with Crippen LogP contribution in [0.15, 0.2) is 23.2 Å². The van der Waals surface area contributed by atoms with Crippen LogP contribution in [0.25, 0.3) is 0 Å². The van der Waals surface area contributed by atoms with E-state index in [4.69, 9.17) is 14.2 Å². The van der Waals surface area contributed by atoms with Gasteiger partial charge in [-0.1, -0.05) is 19.9 Å². The van der Waals surface area contributed by atoms with Crippen LogP contribution in [-0.4, -0.2) is 78.1 Å². The first-order chi connectivity index (χ1) is 13.5. The Morgan fingerprint density at radius 2 is 1.90 bits per heavy atom. The number of ether oxygens (including phenoxy) is 3. The highest BCUT2D eigenvalue weighted by Gasteiger charge is 2.23. The topological polar surface area (TPSA) is 67.4 Å². The van der Waals surface area contributed by atoms with Gasteiger partial charge in [0.15, 0.2) is 17.5 Å². The summed E-state index contributed by atoms with van der Waals surface area (Å²) in [5.74, 6) is 2.47. The summed E-state index contributed by atoms with van der Waals surface area (Å²) in [7, 11) is 5.66. The van der Waals surface area contributed by atoms with E-state index in [-0.39, 0.29) is 29.4 Å². The fraction of sp³-hybridized carbons (Fsp3) is 0.667. The van der Waals surface area contributed by atoms with Crippen molar-refractivity contribution in [2.75, 3.05) is 67.2 Å². The molecule has 1 aliphatic heterocycles. The monoisotopic (exact) mass is 520 g/mol. The Hall–Kier alpha value is -1.26. The standard InChI is InChI=1S/C21H36N4O3.HI/c1-21(2,17-7-8-18-19(15-17)28-14-13-27-18)16-24-20(22-3)23-9-11-25(4)10-6-12-26-5;/h7-8,15H,6,9-14,16H2,1-5H3,(H2,22,23,24);1H. The van der Waals surface area contributed by atoms with Crippen molar-refractivity contribution in [1.29, 1.82) is 0 Å². The average Bonchev–Trinajstić information content (AvgIpc) is 2.70. The van der Waals surface area contributed by atoms with Crippen molar-refractivity contribution in [3.8, 4) is 11.5 Å². The zero-order chi connectivity index (χ0) is 20.4. The van der Waals surface area contributed by atoms with E-state index in [9.17, 15) is 0 Å². The molecule has 0 saturated carbocycles. The molecule has 8 heteroatoms. The number of methoxy groups -OCH3 is 1. The molecule has 0 radical (unpaired) electrons. The third-order valence-electron chi connectivity index (χ3n) is 4.92. The number of nitrogens with zero attached hydrogens (tertiary/aromatic N) is 2. The van der Waals surface area contributed by atoms with Gasteiger partial charge in [-0.05, 0) is 31.2 Å². The van der Waals surface area contributed by atoms with Crippen molar-refractivity contribution in [3.63, 3.8) is 0 Å². The fourth-order valence-corrected chi connectivity index (χ4v) is 3.05. The number of rotatable bonds is 10. The molecule has 1 aromatic rings. The first-order valence-electron chi connectivity index (χ1n) is 9.98. The van der Waals surface area contributed by atoms with Gasteiger partial charge in [-0.2, -0.15) is 0 Å². The molecule has 0 spiro atoms. The fourth-order valence-electron chi connectivity index (χ4n) is 3.05. The zero-order valence-electron chi connectivity index (χ0n) is 18.4. The number of halogens is 1. The number of nitrogens with one attached hydrogen (secondary N) is 2. The first-order valence-corrected chi connectivity index (χ1v) is 9.98. The summed E-state index contributed by atoms with van der Waals surface area (Å²) in [6.45, 7) is 10.0. The second kappa shape index (κ2) is 13.1. The van der Waals surface area contributed by atoms with Gasteiger partial charge in [-0.25, -0.2) is 0 Å². The van der Waals surface area contributed by atoms with Crippen LogP contribution in [-0.2, 0) is 10.2 Å². The van der Waals surface area contributed by atoms with E-state index in [1.54, 1.807) is 14.2 Å². The number of likely N-dealkylation sites (N-methyl/N-ethyl adjacent to an activating group) is 1. The maximum absolute atomic E-state index is 5.72. The molecule has 0 fully saturated rings. The number of fused-ring (bicyclic) bond motifs is 1. The van der Waals surface area contributed by atoms with Gasteiger partial charge in [0.05, 0.1) is 0 Å². The zero-order valence-corrected chi connectivity index (χ0v) is 20.7. The molecule has 0 aromatic heterocycles. The summed E-state index contributed by atoms with van der Waals surface area (Å²) in [4.78, 5) is 6.63. The van der Waals surface area contributed by atoms with Gasteiger partial charge in [0, 0.05) is 52.4 Å². The van der Waals surface area contributed by atoms with Gasteiger partial charge < -0.3 is 29.7 Å². The lowest BCUT2D eigenvalue weighted by molar-refractivity contribution is 0.171. The van der Waals surface area contributed by atoms with E-state index in [1.807, 2.05) is 6.07 Å². The van der Waals surface area contributed by atoms with E-state index in [1.165, 1.54) is 5.56 Å². The van der Waals surface area contributed by atoms with Crippen LogP contribution in [0.5, 0.6) is 11.5 Å². The summed E-state index contributed by atoms with van der Waals surface area (Å²) in [6, 6.07) is 6.19. The minimum absolute atomic E-state index is 0. The van der Waals surface area contributed by atoms with Crippen LogP contribution < -0.4 is 20.1 Å². The predicted octanol–water partition coefficient (Wildman–Crippen LogP) is 2.49. The molecule has 2 rings (SSSR count). The number of hydrogen-bond acceptors (Lipinski definition) is 5. The molecule has 166 valence electrons. The summed E-state index contributed by atoms with van der Waals surface area (Å²) in [6.07, 6.45) is 1.05. The van der Waals surface area contributed by atoms with Gasteiger partial charge in [-0.3, -0.25) is 4.99 Å². The van der Waals surface area contributed by atoms with Gasteiger partial charge in [0.1, 0.15) is 13.2 Å². The third kappa shape index (κ3) is 8.55. The summed E-state index contributed by atoms with van der Waals surface area (Å²) < 4.78 is 16.4. The SMILES string of the molecule is CN=C(NCCN(C)CCCOC)NCC(C)(C)c1ccc2c(c1)OCCO2.I. The highest BCUT2D eigenvalue weighted by Crippen LogP contribution is 2.34. The minimum Gasteiger partial charge on any atom is -0.486 e. The predicted molar refractivity (Wildman–Crippen MR) is 129 cm³/mol. The van der Waals surface area contributed by atoms with Crippen LogP contribution in [0.3, 0.4) is 0 Å². The maximum Gasteiger partial charge on any atom is 0.191 e. The van der Waals surface area contributed by atoms with Gasteiger partial charge in [0.2, 0.25) is 0 Å². The largest absolute Gasteiger partial charge is 0.486 e. The van der Waals surface area contributed by atoms with Crippen LogP contribution >= 0.6 is 24.0 Å². The molecule has 0 amide bonds. The number of guanidine groups is 1. The Bertz CT molecular complexity index is 640. The van der Waals surface area contributed by atoms with E-state index in [2.05, 4.69) is 53.6 Å². The number of aliphatic imine (C=N–C) groups is 1. The van der Waals surface area contributed by atoms with Crippen LogP contribution in [0.1, 0.15) is 25.8 Å². The van der Waals surface area contributed by atoms with Gasteiger partial charge >= 0.3 is 0 Å². The number of benzene rings is 1. The van der Waals surface area contributed by atoms with Crippen molar-refractivity contribution < 1.29 is 14.2 Å². The minimum atomic E-state index is -0.0790.